The molecular formula is C19H27FN2O2. The van der Waals surface area contributed by atoms with Crippen molar-refractivity contribution in [3.05, 3.63) is 35.6 Å². The van der Waals surface area contributed by atoms with Gasteiger partial charge in [0.15, 0.2) is 0 Å². The molecule has 1 aromatic carbocycles. The summed E-state index contributed by atoms with van der Waals surface area (Å²) in [5, 5.41) is 0. The Morgan fingerprint density at radius 1 is 1.21 bits per heavy atom. The summed E-state index contributed by atoms with van der Waals surface area (Å²) in [5.74, 6) is -0.322. The molecule has 0 saturated carbocycles. The number of hydrogen-bond acceptors (Lipinski definition) is 2. The molecular weight excluding hydrogens is 307 g/mol. The largest absolute Gasteiger partial charge is 0.342 e. The molecule has 0 spiro atoms. The molecule has 2 amide bonds. The Bertz CT molecular complexity index is 553. The molecule has 1 aliphatic heterocycles. The minimum absolute atomic E-state index is 0.0448. The lowest BCUT2D eigenvalue weighted by Gasteiger charge is -2.24. The molecule has 0 N–H and O–H groups in total. The van der Waals surface area contributed by atoms with Crippen LogP contribution in [0, 0.1) is 11.7 Å². The van der Waals surface area contributed by atoms with Crippen molar-refractivity contribution >= 4 is 11.8 Å². The molecule has 1 heterocycles. The van der Waals surface area contributed by atoms with Gasteiger partial charge in [-0.25, -0.2) is 4.39 Å². The van der Waals surface area contributed by atoms with Gasteiger partial charge >= 0.3 is 0 Å². The smallest absolute Gasteiger partial charge is 0.227 e. The van der Waals surface area contributed by atoms with Gasteiger partial charge in [-0.15, -0.1) is 0 Å². The summed E-state index contributed by atoms with van der Waals surface area (Å²) >= 11 is 0. The average molecular weight is 334 g/mol. The second-order valence-electron chi connectivity index (χ2n) is 6.44. The minimum atomic E-state index is -0.256. The fourth-order valence-electron chi connectivity index (χ4n) is 3.20. The van der Waals surface area contributed by atoms with Gasteiger partial charge in [0.05, 0.1) is 5.92 Å². The highest BCUT2D eigenvalue weighted by molar-refractivity contribution is 5.89. The Morgan fingerprint density at radius 2 is 1.83 bits per heavy atom. The van der Waals surface area contributed by atoms with Crippen LogP contribution >= 0.6 is 0 Å². The van der Waals surface area contributed by atoms with Gasteiger partial charge in [0.2, 0.25) is 11.8 Å². The van der Waals surface area contributed by atoms with E-state index in [-0.39, 0.29) is 23.5 Å². The second-order valence-corrected chi connectivity index (χ2v) is 6.44. The maximum atomic E-state index is 12.9. The van der Waals surface area contributed by atoms with Crippen LogP contribution < -0.4 is 0 Å². The Hall–Kier alpha value is -1.91. The predicted molar refractivity (Wildman–Crippen MR) is 92.0 cm³/mol. The fraction of sp³-hybridized carbons (Fsp3) is 0.579. The van der Waals surface area contributed by atoms with Gasteiger partial charge in [0.25, 0.3) is 0 Å². The van der Waals surface area contributed by atoms with Crippen molar-refractivity contribution in [3.63, 3.8) is 0 Å². The second kappa shape index (κ2) is 8.81. The number of nitrogens with zero attached hydrogens (tertiary/aromatic N) is 2. The van der Waals surface area contributed by atoms with Crippen molar-refractivity contribution in [1.82, 2.24) is 9.80 Å². The van der Waals surface area contributed by atoms with E-state index >= 15 is 0 Å². The van der Waals surface area contributed by atoms with Gasteiger partial charge in [0, 0.05) is 32.6 Å². The van der Waals surface area contributed by atoms with Crippen molar-refractivity contribution in [2.24, 2.45) is 5.92 Å². The van der Waals surface area contributed by atoms with Gasteiger partial charge < -0.3 is 9.80 Å². The number of hydrogen-bond donors (Lipinski definition) is 0. The van der Waals surface area contributed by atoms with Gasteiger partial charge in [-0.3, -0.25) is 9.59 Å². The van der Waals surface area contributed by atoms with Crippen LogP contribution in [0.3, 0.4) is 0 Å². The lowest BCUT2D eigenvalue weighted by Crippen LogP contribution is -2.38. The van der Waals surface area contributed by atoms with Crippen molar-refractivity contribution in [2.75, 3.05) is 26.2 Å². The zero-order chi connectivity index (χ0) is 17.5. The molecule has 1 unspecified atom stereocenters. The highest BCUT2D eigenvalue weighted by Crippen LogP contribution is 2.21. The zero-order valence-corrected chi connectivity index (χ0v) is 14.6. The van der Waals surface area contributed by atoms with Crippen LogP contribution in [-0.4, -0.2) is 47.8 Å². The van der Waals surface area contributed by atoms with Crippen LogP contribution in [0.1, 0.15) is 38.7 Å². The van der Waals surface area contributed by atoms with E-state index in [9.17, 15) is 14.0 Å². The maximum absolute atomic E-state index is 12.9. The highest BCUT2D eigenvalue weighted by atomic mass is 19.1. The van der Waals surface area contributed by atoms with E-state index in [0.717, 1.165) is 31.5 Å². The molecule has 1 aliphatic rings. The first-order valence-electron chi connectivity index (χ1n) is 8.86. The highest BCUT2D eigenvalue weighted by Gasteiger charge is 2.35. The van der Waals surface area contributed by atoms with E-state index in [1.165, 1.54) is 12.1 Å². The molecule has 5 heteroatoms. The quantitative estimate of drug-likeness (QED) is 0.733. The number of amides is 2. The average Bonchev–Trinajstić information content (AvgIpc) is 2.94. The van der Waals surface area contributed by atoms with Gasteiger partial charge in [-0.05, 0) is 37.0 Å². The Morgan fingerprint density at radius 3 is 2.42 bits per heavy atom. The number of carbonyl (C=O) groups is 2. The molecule has 0 aromatic heterocycles. The molecule has 0 aliphatic carbocycles. The molecule has 0 bridgehead atoms. The third-order valence-electron chi connectivity index (χ3n) is 4.45. The normalized spacial score (nSPS) is 17.4. The predicted octanol–water partition coefficient (Wildman–Crippen LogP) is 2.87. The van der Waals surface area contributed by atoms with E-state index in [1.54, 1.807) is 17.0 Å². The van der Waals surface area contributed by atoms with E-state index in [1.807, 2.05) is 4.90 Å². The molecule has 24 heavy (non-hydrogen) atoms. The van der Waals surface area contributed by atoms with Crippen LogP contribution in [0.4, 0.5) is 4.39 Å². The van der Waals surface area contributed by atoms with Crippen molar-refractivity contribution in [3.8, 4) is 0 Å². The molecule has 132 valence electrons. The van der Waals surface area contributed by atoms with Crippen LogP contribution in [0.5, 0.6) is 0 Å². The molecule has 0 radical (unpaired) electrons. The monoisotopic (exact) mass is 334 g/mol. The van der Waals surface area contributed by atoms with Gasteiger partial charge in [-0.1, -0.05) is 26.0 Å². The zero-order valence-electron chi connectivity index (χ0n) is 14.6. The third kappa shape index (κ3) is 4.79. The summed E-state index contributed by atoms with van der Waals surface area (Å²) in [6.07, 6.45) is 2.86. The van der Waals surface area contributed by atoms with Crippen LogP contribution in [0.25, 0.3) is 0 Å². The van der Waals surface area contributed by atoms with Crippen molar-refractivity contribution in [1.29, 1.82) is 0 Å². The van der Waals surface area contributed by atoms with E-state index in [4.69, 9.17) is 0 Å². The van der Waals surface area contributed by atoms with Crippen LogP contribution in [0.2, 0.25) is 0 Å². The minimum Gasteiger partial charge on any atom is -0.342 e. The van der Waals surface area contributed by atoms with Crippen LogP contribution in [0.15, 0.2) is 24.3 Å². The number of rotatable bonds is 8. The number of halogens is 1. The number of benzene rings is 1. The first kappa shape index (κ1) is 18.4. The van der Waals surface area contributed by atoms with Gasteiger partial charge in [0.1, 0.15) is 5.82 Å². The summed E-state index contributed by atoms with van der Waals surface area (Å²) in [6.45, 7) is 6.72. The molecule has 1 aromatic rings. The van der Waals surface area contributed by atoms with Crippen molar-refractivity contribution < 1.29 is 14.0 Å². The summed E-state index contributed by atoms with van der Waals surface area (Å²) in [6, 6.07) is 6.34. The van der Waals surface area contributed by atoms with Crippen molar-refractivity contribution in [2.45, 2.75) is 39.5 Å². The summed E-state index contributed by atoms with van der Waals surface area (Å²) in [4.78, 5) is 28.5. The molecule has 1 atom stereocenters. The van der Waals surface area contributed by atoms with E-state index in [2.05, 4.69) is 13.8 Å². The Kier molecular flexibility index (Phi) is 6.76. The third-order valence-corrected chi connectivity index (χ3v) is 4.45. The summed E-state index contributed by atoms with van der Waals surface area (Å²) in [5.41, 5.74) is 0.998. The molecule has 1 saturated heterocycles. The molecule has 1 fully saturated rings. The Labute approximate surface area is 143 Å². The lowest BCUT2D eigenvalue weighted by atomic mass is 10.1. The summed E-state index contributed by atoms with van der Waals surface area (Å²) < 4.78 is 12.9. The number of likely N-dealkylation sites (tertiary alicyclic amines) is 1. The first-order chi connectivity index (χ1) is 11.5. The van der Waals surface area contributed by atoms with E-state index < -0.39 is 0 Å². The Balaban J connectivity index is 1.89. The maximum Gasteiger partial charge on any atom is 0.227 e. The van der Waals surface area contributed by atoms with Gasteiger partial charge in [-0.2, -0.15) is 0 Å². The standard InChI is InChI=1S/C19H27FN2O2/c1-3-10-21(11-4-2)19(24)16-13-18(23)22(14-16)12-9-15-5-7-17(20)8-6-15/h5-8,16H,3-4,9-14H2,1-2H3. The molecule has 2 rings (SSSR count). The summed E-state index contributed by atoms with van der Waals surface area (Å²) in [7, 11) is 0. The molecule has 4 nitrogen and oxygen atoms in total. The topological polar surface area (TPSA) is 40.6 Å². The SMILES string of the molecule is CCCN(CCC)C(=O)C1CC(=O)N(CCc2ccc(F)cc2)C1. The first-order valence-corrected chi connectivity index (χ1v) is 8.86. The number of carbonyl (C=O) groups excluding carboxylic acids is 2. The lowest BCUT2D eigenvalue weighted by molar-refractivity contribution is -0.136. The fourth-order valence-corrected chi connectivity index (χ4v) is 3.20. The van der Waals surface area contributed by atoms with E-state index in [0.29, 0.717) is 25.9 Å². The van der Waals surface area contributed by atoms with Crippen LogP contribution in [-0.2, 0) is 16.0 Å².